The van der Waals surface area contributed by atoms with Crippen LogP contribution in [0.25, 0.3) is 5.57 Å². The lowest BCUT2D eigenvalue weighted by Gasteiger charge is -2.15. The number of halogens is 2. The number of nitrogens with one attached hydrogen (secondary N) is 1. The van der Waals surface area contributed by atoms with Gasteiger partial charge in [0.1, 0.15) is 17.3 Å². The van der Waals surface area contributed by atoms with Gasteiger partial charge in [0.05, 0.1) is 5.57 Å². The fourth-order valence-corrected chi connectivity index (χ4v) is 3.79. The fourth-order valence-electron chi connectivity index (χ4n) is 3.79. The zero-order valence-corrected chi connectivity index (χ0v) is 17.3. The maximum atomic E-state index is 13.5. The third kappa shape index (κ3) is 4.03. The van der Waals surface area contributed by atoms with Crippen molar-refractivity contribution in [3.8, 4) is 11.5 Å². The molecule has 3 aromatic carbocycles. The van der Waals surface area contributed by atoms with Gasteiger partial charge in [0.2, 0.25) is 6.79 Å². The van der Waals surface area contributed by atoms with Crippen molar-refractivity contribution in [1.29, 1.82) is 0 Å². The molecule has 0 spiro atoms. The van der Waals surface area contributed by atoms with Crippen LogP contribution in [0.15, 0.2) is 72.4 Å². The Morgan fingerprint density at radius 2 is 1.48 bits per heavy atom. The number of carbonyl (C=O) groups excluding carboxylic acids is 2. The van der Waals surface area contributed by atoms with Gasteiger partial charge in [-0.3, -0.25) is 14.5 Å². The van der Waals surface area contributed by atoms with Crippen molar-refractivity contribution in [3.63, 3.8) is 0 Å². The van der Waals surface area contributed by atoms with Gasteiger partial charge in [0.15, 0.2) is 11.5 Å². The van der Waals surface area contributed by atoms with Crippen molar-refractivity contribution in [2.45, 2.75) is 6.42 Å². The zero-order chi connectivity index (χ0) is 22.9. The lowest BCUT2D eigenvalue weighted by molar-refractivity contribution is -0.136. The molecule has 166 valence electrons. The van der Waals surface area contributed by atoms with Crippen LogP contribution in [0.3, 0.4) is 0 Å². The summed E-state index contributed by atoms with van der Waals surface area (Å²) < 4.78 is 37.4. The summed E-state index contributed by atoms with van der Waals surface area (Å²) in [4.78, 5) is 27.7. The molecule has 0 aliphatic carbocycles. The van der Waals surface area contributed by atoms with Crippen molar-refractivity contribution in [2.24, 2.45) is 0 Å². The topological polar surface area (TPSA) is 67.9 Å². The number of hydrogen-bond donors (Lipinski definition) is 1. The fraction of sp³-hybridized carbons (Fsp3) is 0.120. The van der Waals surface area contributed by atoms with Gasteiger partial charge in [0.25, 0.3) is 11.8 Å². The third-order valence-electron chi connectivity index (χ3n) is 5.48. The molecule has 6 nitrogen and oxygen atoms in total. The van der Waals surface area contributed by atoms with Crippen LogP contribution in [-0.4, -0.2) is 30.1 Å². The molecule has 2 heterocycles. The summed E-state index contributed by atoms with van der Waals surface area (Å²) in [6.07, 6.45) is 0.367. The number of fused-ring (bicyclic) bond motifs is 1. The molecule has 2 amide bonds. The standard InChI is InChI=1S/C25H18F2N2O4/c26-17-5-1-15(2-6-17)11-12-29-24(30)22(16-3-7-18(27)8-4-16)23(25(29)31)28-19-9-10-20-21(13-19)33-14-32-20/h1-10,13,28H,11-12,14H2. The quantitative estimate of drug-likeness (QED) is 0.575. The van der Waals surface area contributed by atoms with E-state index in [1.807, 2.05) is 0 Å². The lowest BCUT2D eigenvalue weighted by atomic mass is 10.0. The van der Waals surface area contributed by atoms with Crippen molar-refractivity contribution in [3.05, 3.63) is 95.2 Å². The summed E-state index contributed by atoms with van der Waals surface area (Å²) >= 11 is 0. The smallest absolute Gasteiger partial charge is 0.278 e. The molecule has 1 N–H and O–H groups in total. The predicted octanol–water partition coefficient (Wildman–Crippen LogP) is 4.13. The number of rotatable bonds is 6. The summed E-state index contributed by atoms with van der Waals surface area (Å²) in [6.45, 7) is 0.219. The number of hydrogen-bond acceptors (Lipinski definition) is 5. The molecule has 0 saturated carbocycles. The van der Waals surface area contributed by atoms with E-state index in [-0.39, 0.29) is 30.4 Å². The number of amides is 2. The minimum Gasteiger partial charge on any atom is -0.454 e. The Morgan fingerprint density at radius 1 is 0.818 bits per heavy atom. The third-order valence-corrected chi connectivity index (χ3v) is 5.48. The summed E-state index contributed by atoms with van der Waals surface area (Å²) in [6, 6.07) is 16.4. The molecule has 0 fully saturated rings. The highest BCUT2D eigenvalue weighted by Gasteiger charge is 2.39. The molecule has 0 radical (unpaired) electrons. The van der Waals surface area contributed by atoms with Gasteiger partial charge in [-0.15, -0.1) is 0 Å². The van der Waals surface area contributed by atoms with Crippen LogP contribution in [-0.2, 0) is 16.0 Å². The molecule has 2 aliphatic rings. The number of imide groups is 1. The zero-order valence-electron chi connectivity index (χ0n) is 17.3. The molecular formula is C25H18F2N2O4. The van der Waals surface area contributed by atoms with Crippen molar-refractivity contribution in [2.75, 3.05) is 18.7 Å². The van der Waals surface area contributed by atoms with Crippen LogP contribution in [0.4, 0.5) is 14.5 Å². The second-order valence-corrected chi connectivity index (χ2v) is 7.59. The minimum atomic E-state index is -0.501. The van der Waals surface area contributed by atoms with E-state index in [1.165, 1.54) is 36.4 Å². The Bertz CT molecular complexity index is 1270. The van der Waals surface area contributed by atoms with E-state index >= 15 is 0 Å². The highest BCUT2D eigenvalue weighted by atomic mass is 19.1. The van der Waals surface area contributed by atoms with Crippen LogP contribution in [0.5, 0.6) is 11.5 Å². The monoisotopic (exact) mass is 448 g/mol. The number of nitrogens with zero attached hydrogens (tertiary/aromatic N) is 1. The molecule has 0 bridgehead atoms. The van der Waals surface area contributed by atoms with Gasteiger partial charge in [0, 0.05) is 18.3 Å². The SMILES string of the molecule is O=C1C(Nc2ccc3c(c2)OCO3)=C(c2ccc(F)cc2)C(=O)N1CCc1ccc(F)cc1. The molecule has 0 unspecified atom stereocenters. The first-order valence-corrected chi connectivity index (χ1v) is 10.3. The van der Waals surface area contributed by atoms with Gasteiger partial charge in [-0.25, -0.2) is 8.78 Å². The van der Waals surface area contributed by atoms with Crippen LogP contribution in [0.2, 0.25) is 0 Å². The first-order chi connectivity index (χ1) is 16.0. The first kappa shape index (κ1) is 20.7. The highest BCUT2D eigenvalue weighted by Crippen LogP contribution is 2.36. The van der Waals surface area contributed by atoms with E-state index in [0.717, 1.165) is 10.5 Å². The van der Waals surface area contributed by atoms with Crippen molar-refractivity contribution in [1.82, 2.24) is 4.90 Å². The highest BCUT2D eigenvalue weighted by molar-refractivity contribution is 6.36. The lowest BCUT2D eigenvalue weighted by Crippen LogP contribution is -2.34. The average molecular weight is 448 g/mol. The minimum absolute atomic E-state index is 0.0876. The molecule has 5 rings (SSSR count). The number of benzene rings is 3. The Morgan fingerprint density at radius 3 is 2.21 bits per heavy atom. The summed E-state index contributed by atoms with van der Waals surface area (Å²) in [7, 11) is 0. The maximum absolute atomic E-state index is 13.5. The van der Waals surface area contributed by atoms with E-state index < -0.39 is 17.6 Å². The van der Waals surface area contributed by atoms with Gasteiger partial charge in [-0.1, -0.05) is 24.3 Å². The van der Waals surface area contributed by atoms with Crippen LogP contribution >= 0.6 is 0 Å². The molecule has 0 aromatic heterocycles. The predicted molar refractivity (Wildman–Crippen MR) is 116 cm³/mol. The van der Waals surface area contributed by atoms with Gasteiger partial charge >= 0.3 is 0 Å². The Labute approximate surface area is 188 Å². The van der Waals surface area contributed by atoms with Crippen molar-refractivity contribution < 1.29 is 27.8 Å². The number of anilines is 1. The van der Waals surface area contributed by atoms with Gasteiger partial charge in [-0.2, -0.15) is 0 Å². The summed E-state index contributed by atoms with van der Waals surface area (Å²) in [5.74, 6) is -0.690. The van der Waals surface area contributed by atoms with Gasteiger partial charge < -0.3 is 14.8 Å². The molecule has 0 atom stereocenters. The average Bonchev–Trinajstić information content (AvgIpc) is 3.37. The van der Waals surface area contributed by atoms with E-state index in [1.54, 1.807) is 30.3 Å². The van der Waals surface area contributed by atoms with E-state index in [9.17, 15) is 18.4 Å². The molecule has 3 aromatic rings. The van der Waals surface area contributed by atoms with E-state index in [2.05, 4.69) is 5.32 Å². The first-order valence-electron chi connectivity index (χ1n) is 10.3. The molecule has 33 heavy (non-hydrogen) atoms. The van der Waals surface area contributed by atoms with Crippen LogP contribution in [0.1, 0.15) is 11.1 Å². The van der Waals surface area contributed by atoms with Crippen molar-refractivity contribution >= 4 is 23.1 Å². The number of ether oxygens (including phenoxy) is 2. The largest absolute Gasteiger partial charge is 0.454 e. The van der Waals surface area contributed by atoms with E-state index in [4.69, 9.17) is 9.47 Å². The van der Waals surface area contributed by atoms with Gasteiger partial charge in [-0.05, 0) is 53.9 Å². The molecule has 2 aliphatic heterocycles. The Kier molecular flexibility index (Phi) is 5.26. The number of carbonyl (C=O) groups is 2. The van der Waals surface area contributed by atoms with E-state index in [0.29, 0.717) is 29.2 Å². The molecule has 0 saturated heterocycles. The summed E-state index contributed by atoms with van der Waals surface area (Å²) in [5, 5.41) is 3.04. The summed E-state index contributed by atoms with van der Waals surface area (Å²) in [5.41, 5.74) is 1.98. The molecular weight excluding hydrogens is 430 g/mol. The Balaban J connectivity index is 1.46. The van der Waals surface area contributed by atoms with Crippen LogP contribution in [0, 0.1) is 11.6 Å². The maximum Gasteiger partial charge on any atom is 0.278 e. The Hall–Kier alpha value is -4.20. The second kappa shape index (κ2) is 8.38. The second-order valence-electron chi connectivity index (χ2n) is 7.59. The van der Waals surface area contributed by atoms with Crippen LogP contribution < -0.4 is 14.8 Å². The molecule has 8 heteroatoms. The normalized spacial score (nSPS) is 14.9.